The molecule has 0 aliphatic rings. The first-order valence-electron chi connectivity index (χ1n) is 8.64. The largest absolute Gasteiger partial charge is 0.492 e. The number of aromatic nitrogens is 1. The van der Waals surface area contributed by atoms with Crippen molar-refractivity contribution in [2.45, 2.75) is 33.1 Å². The molecule has 0 radical (unpaired) electrons. The van der Waals surface area contributed by atoms with E-state index < -0.39 is 5.97 Å². The number of hydrogen-bond donors (Lipinski definition) is 2. The van der Waals surface area contributed by atoms with Crippen LogP contribution in [-0.2, 0) is 11.2 Å². The fourth-order valence-electron chi connectivity index (χ4n) is 2.73. The van der Waals surface area contributed by atoms with Gasteiger partial charge in [-0.2, -0.15) is 0 Å². The van der Waals surface area contributed by atoms with Gasteiger partial charge >= 0.3 is 5.97 Å². The number of carboxylic acids is 1. The highest BCUT2D eigenvalue weighted by Crippen LogP contribution is 2.31. The molecule has 0 saturated carbocycles. The minimum absolute atomic E-state index is 0.117. The third kappa shape index (κ3) is 6.92. The van der Waals surface area contributed by atoms with E-state index >= 15 is 0 Å². The van der Waals surface area contributed by atoms with Gasteiger partial charge < -0.3 is 15.2 Å². The third-order valence-corrected chi connectivity index (χ3v) is 4.15. The van der Waals surface area contributed by atoms with E-state index in [1.807, 2.05) is 50.2 Å². The first kappa shape index (κ1) is 20.0. The van der Waals surface area contributed by atoms with Crippen molar-refractivity contribution in [2.24, 2.45) is 5.41 Å². The number of hydrogen-bond acceptors (Lipinski definition) is 4. The number of ether oxygens (including phenoxy) is 1. The van der Waals surface area contributed by atoms with Crippen LogP contribution in [0.25, 0.3) is 0 Å². The Labute approximate surface area is 159 Å². The van der Waals surface area contributed by atoms with E-state index in [2.05, 4.69) is 10.3 Å². The summed E-state index contributed by atoms with van der Waals surface area (Å²) in [6.07, 6.45) is 3.33. The van der Waals surface area contributed by atoms with E-state index in [0.29, 0.717) is 23.8 Å². The van der Waals surface area contributed by atoms with Gasteiger partial charge in [0.2, 0.25) is 0 Å². The highest BCUT2D eigenvalue weighted by molar-refractivity contribution is 6.32. The number of nitrogens with one attached hydrogen (secondary N) is 1. The number of nitrogens with zero attached hydrogens (tertiary/aromatic N) is 1. The summed E-state index contributed by atoms with van der Waals surface area (Å²) in [4.78, 5) is 15.1. The second-order valence-corrected chi connectivity index (χ2v) is 7.43. The maximum absolute atomic E-state index is 10.9. The van der Waals surface area contributed by atoms with Crippen LogP contribution in [0.2, 0.25) is 5.02 Å². The molecule has 2 aromatic rings. The predicted octanol–water partition coefficient (Wildman–Crippen LogP) is 4.66. The summed E-state index contributed by atoms with van der Waals surface area (Å²) >= 11 is 6.31. The molecule has 2 N–H and O–H groups in total. The van der Waals surface area contributed by atoms with Crippen molar-refractivity contribution in [2.75, 3.05) is 18.5 Å². The summed E-state index contributed by atoms with van der Waals surface area (Å²) in [6, 6.07) is 11.4. The molecule has 140 valence electrons. The SMILES string of the molecule is CC(C)(CC(=O)O)Cc1ccc(OCCCNc2ccccn2)c(Cl)c1. The number of aliphatic carboxylic acids is 1. The number of anilines is 1. The lowest BCUT2D eigenvalue weighted by Gasteiger charge is -2.22. The van der Waals surface area contributed by atoms with Crippen molar-refractivity contribution in [1.29, 1.82) is 0 Å². The highest BCUT2D eigenvalue weighted by Gasteiger charge is 2.22. The van der Waals surface area contributed by atoms with Crippen LogP contribution >= 0.6 is 11.6 Å². The van der Waals surface area contributed by atoms with Gasteiger partial charge in [0.15, 0.2) is 0 Å². The number of carbonyl (C=O) groups is 1. The second-order valence-electron chi connectivity index (χ2n) is 7.02. The first-order chi connectivity index (χ1) is 12.4. The van der Waals surface area contributed by atoms with E-state index in [1.165, 1.54) is 0 Å². The Balaban J connectivity index is 1.79. The van der Waals surface area contributed by atoms with Crippen molar-refractivity contribution in [3.05, 3.63) is 53.2 Å². The normalized spacial score (nSPS) is 11.2. The molecular formula is C20H25ClN2O3. The molecule has 1 heterocycles. The molecule has 0 bridgehead atoms. The maximum atomic E-state index is 10.9. The summed E-state index contributed by atoms with van der Waals surface area (Å²) < 4.78 is 5.74. The first-order valence-corrected chi connectivity index (χ1v) is 9.01. The zero-order chi connectivity index (χ0) is 19.0. The van der Waals surface area contributed by atoms with Crippen LogP contribution in [0.1, 0.15) is 32.3 Å². The Morgan fingerprint density at radius 2 is 2.12 bits per heavy atom. The van der Waals surface area contributed by atoms with Gasteiger partial charge in [0, 0.05) is 12.7 Å². The van der Waals surface area contributed by atoms with E-state index in [-0.39, 0.29) is 11.8 Å². The smallest absolute Gasteiger partial charge is 0.303 e. The van der Waals surface area contributed by atoms with Gasteiger partial charge in [0.05, 0.1) is 18.1 Å². The molecule has 0 aliphatic heterocycles. The summed E-state index contributed by atoms with van der Waals surface area (Å²) in [5, 5.41) is 12.8. The summed E-state index contributed by atoms with van der Waals surface area (Å²) in [6.45, 7) is 5.18. The lowest BCUT2D eigenvalue weighted by Crippen LogP contribution is -2.19. The van der Waals surface area contributed by atoms with Crippen LogP contribution in [0.15, 0.2) is 42.6 Å². The van der Waals surface area contributed by atoms with E-state index in [9.17, 15) is 4.79 Å². The molecule has 1 aromatic heterocycles. The van der Waals surface area contributed by atoms with Gasteiger partial charge in [-0.15, -0.1) is 0 Å². The van der Waals surface area contributed by atoms with Gasteiger partial charge in [-0.25, -0.2) is 4.98 Å². The van der Waals surface area contributed by atoms with Gasteiger partial charge in [-0.1, -0.05) is 37.6 Å². The van der Waals surface area contributed by atoms with Crippen LogP contribution in [0, 0.1) is 5.41 Å². The molecule has 0 aliphatic carbocycles. The molecule has 6 heteroatoms. The van der Waals surface area contributed by atoms with Crippen LogP contribution in [-0.4, -0.2) is 29.2 Å². The fraction of sp³-hybridized carbons (Fsp3) is 0.400. The summed E-state index contributed by atoms with van der Waals surface area (Å²) in [5.41, 5.74) is 0.680. The minimum Gasteiger partial charge on any atom is -0.492 e. The molecule has 0 amide bonds. The van der Waals surface area contributed by atoms with Crippen LogP contribution in [0.5, 0.6) is 5.75 Å². The lowest BCUT2D eigenvalue weighted by molar-refractivity contribution is -0.139. The monoisotopic (exact) mass is 376 g/mol. The molecule has 1 aromatic carbocycles. The van der Waals surface area contributed by atoms with Gasteiger partial charge in [0.25, 0.3) is 0 Å². The number of halogens is 1. The minimum atomic E-state index is -0.791. The zero-order valence-corrected chi connectivity index (χ0v) is 15.9. The molecule has 0 atom stereocenters. The van der Waals surface area contributed by atoms with Gasteiger partial charge in [-0.3, -0.25) is 4.79 Å². The van der Waals surface area contributed by atoms with E-state index in [4.69, 9.17) is 21.4 Å². The molecule has 2 rings (SSSR count). The van der Waals surface area contributed by atoms with Crippen LogP contribution in [0.4, 0.5) is 5.82 Å². The van der Waals surface area contributed by atoms with Crippen LogP contribution in [0.3, 0.4) is 0 Å². The van der Waals surface area contributed by atoms with Gasteiger partial charge in [0.1, 0.15) is 11.6 Å². The summed E-state index contributed by atoms with van der Waals surface area (Å²) in [5.74, 6) is 0.698. The van der Waals surface area contributed by atoms with E-state index in [0.717, 1.165) is 24.3 Å². The topological polar surface area (TPSA) is 71.5 Å². The summed E-state index contributed by atoms with van der Waals surface area (Å²) in [7, 11) is 0. The van der Waals surface area contributed by atoms with E-state index in [1.54, 1.807) is 6.20 Å². The molecule has 0 unspecified atom stereocenters. The van der Waals surface area contributed by atoms with Crippen molar-refractivity contribution in [1.82, 2.24) is 4.98 Å². The Morgan fingerprint density at radius 3 is 2.77 bits per heavy atom. The quantitative estimate of drug-likeness (QED) is 0.590. The Kier molecular flexibility index (Phi) is 7.27. The molecular weight excluding hydrogens is 352 g/mol. The predicted molar refractivity (Wildman–Crippen MR) is 104 cm³/mol. The highest BCUT2D eigenvalue weighted by atomic mass is 35.5. The molecule has 0 saturated heterocycles. The maximum Gasteiger partial charge on any atom is 0.303 e. The lowest BCUT2D eigenvalue weighted by atomic mass is 9.83. The fourth-order valence-corrected chi connectivity index (χ4v) is 2.99. The number of rotatable bonds is 10. The molecule has 0 fully saturated rings. The van der Waals surface area contributed by atoms with Crippen molar-refractivity contribution < 1.29 is 14.6 Å². The van der Waals surface area contributed by atoms with Crippen molar-refractivity contribution in [3.63, 3.8) is 0 Å². The average Bonchev–Trinajstić information content (AvgIpc) is 2.55. The molecule has 0 spiro atoms. The van der Waals surface area contributed by atoms with Crippen LogP contribution < -0.4 is 10.1 Å². The Morgan fingerprint density at radius 1 is 1.31 bits per heavy atom. The Hall–Kier alpha value is -2.27. The zero-order valence-electron chi connectivity index (χ0n) is 15.2. The van der Waals surface area contributed by atoms with Gasteiger partial charge in [-0.05, 0) is 48.1 Å². The molecule has 26 heavy (non-hydrogen) atoms. The standard InChI is InChI=1S/C20H25ClN2O3/c1-20(2,14-19(24)25)13-15-7-8-17(16(21)12-15)26-11-5-10-23-18-6-3-4-9-22-18/h3-4,6-9,12H,5,10-11,13-14H2,1-2H3,(H,22,23)(H,24,25). The number of carboxylic acid groups (broad SMARTS) is 1. The average molecular weight is 377 g/mol. The third-order valence-electron chi connectivity index (χ3n) is 3.86. The Bertz CT molecular complexity index is 720. The number of benzene rings is 1. The van der Waals surface area contributed by atoms with Crippen molar-refractivity contribution in [3.8, 4) is 5.75 Å². The number of pyridine rings is 1. The van der Waals surface area contributed by atoms with Crippen molar-refractivity contribution >= 4 is 23.4 Å². The molecule has 5 nitrogen and oxygen atoms in total. The second kappa shape index (κ2) is 9.43.